The maximum atomic E-state index is 12.1. The van der Waals surface area contributed by atoms with E-state index < -0.39 is 0 Å². The summed E-state index contributed by atoms with van der Waals surface area (Å²) in [6.45, 7) is 13.6. The Morgan fingerprint density at radius 3 is 2.64 bits per heavy atom. The first kappa shape index (κ1) is 24.4. The third kappa shape index (κ3) is 9.63. The minimum atomic E-state index is 0. The summed E-state index contributed by atoms with van der Waals surface area (Å²) in [5, 5.41) is 6.79. The van der Waals surface area contributed by atoms with E-state index in [-0.39, 0.29) is 35.8 Å². The molecule has 0 aromatic carbocycles. The lowest BCUT2D eigenvalue weighted by Gasteiger charge is -2.20. The summed E-state index contributed by atoms with van der Waals surface area (Å²) < 4.78 is 0. The molecule has 7 heteroatoms. The van der Waals surface area contributed by atoms with Gasteiger partial charge in [-0.15, -0.1) is 24.0 Å². The van der Waals surface area contributed by atoms with Crippen LogP contribution in [0.3, 0.4) is 0 Å². The lowest BCUT2D eigenvalue weighted by atomic mass is 10.2. The molecule has 2 N–H and O–H groups in total. The first-order chi connectivity index (χ1) is 11.5. The predicted molar refractivity (Wildman–Crippen MR) is 117 cm³/mol. The number of carbonyl (C=O) groups is 1. The van der Waals surface area contributed by atoms with Crippen molar-refractivity contribution in [3.63, 3.8) is 0 Å². The number of unbranched alkanes of at least 4 members (excludes halogenated alkanes) is 1. The zero-order valence-corrected chi connectivity index (χ0v) is 19.0. The number of guanidine groups is 1. The van der Waals surface area contributed by atoms with Gasteiger partial charge < -0.3 is 20.4 Å². The number of nitrogens with zero attached hydrogens (tertiary/aromatic N) is 3. The van der Waals surface area contributed by atoms with Gasteiger partial charge in [-0.3, -0.25) is 9.79 Å². The van der Waals surface area contributed by atoms with Gasteiger partial charge >= 0.3 is 0 Å². The molecule has 1 heterocycles. The van der Waals surface area contributed by atoms with Crippen LogP contribution >= 0.6 is 24.0 Å². The van der Waals surface area contributed by atoms with Gasteiger partial charge in [-0.1, -0.05) is 27.2 Å². The molecule has 1 unspecified atom stereocenters. The number of carbonyl (C=O) groups excluding carboxylic acids is 1. The van der Waals surface area contributed by atoms with Crippen LogP contribution in [0.1, 0.15) is 47.0 Å². The second-order valence-electron chi connectivity index (χ2n) is 6.99. The van der Waals surface area contributed by atoms with Gasteiger partial charge in [0.15, 0.2) is 5.96 Å². The van der Waals surface area contributed by atoms with Crippen molar-refractivity contribution in [1.82, 2.24) is 20.4 Å². The molecule has 0 aromatic rings. The van der Waals surface area contributed by atoms with Gasteiger partial charge in [-0.25, -0.2) is 0 Å². The Balaban J connectivity index is 0.00000576. The number of rotatable bonds is 9. The summed E-state index contributed by atoms with van der Waals surface area (Å²) in [5.41, 5.74) is 0. The van der Waals surface area contributed by atoms with Gasteiger partial charge in [0.25, 0.3) is 0 Å². The lowest BCUT2D eigenvalue weighted by molar-refractivity contribution is -0.133. The van der Waals surface area contributed by atoms with Gasteiger partial charge in [0.1, 0.15) is 0 Å². The van der Waals surface area contributed by atoms with Crippen molar-refractivity contribution < 1.29 is 4.79 Å². The first-order valence-electron chi connectivity index (χ1n) is 9.50. The fourth-order valence-electron chi connectivity index (χ4n) is 2.83. The molecule has 1 aliphatic heterocycles. The van der Waals surface area contributed by atoms with Crippen LogP contribution in [-0.2, 0) is 4.79 Å². The van der Waals surface area contributed by atoms with Crippen molar-refractivity contribution in [3.8, 4) is 0 Å². The van der Waals surface area contributed by atoms with Crippen molar-refractivity contribution in [2.24, 2.45) is 10.9 Å². The van der Waals surface area contributed by atoms with Gasteiger partial charge in [0.2, 0.25) is 5.91 Å². The number of hydrogen-bond acceptors (Lipinski definition) is 3. The zero-order valence-electron chi connectivity index (χ0n) is 16.7. The van der Waals surface area contributed by atoms with Gasteiger partial charge in [0.05, 0.1) is 6.54 Å². The molecule has 1 amide bonds. The number of likely N-dealkylation sites (N-methyl/N-ethyl adjacent to an activating group) is 1. The smallest absolute Gasteiger partial charge is 0.225 e. The second kappa shape index (κ2) is 13.6. The number of likely N-dealkylation sites (tertiary alicyclic amines) is 1. The van der Waals surface area contributed by atoms with E-state index in [4.69, 9.17) is 0 Å². The van der Waals surface area contributed by atoms with E-state index >= 15 is 0 Å². The fraction of sp³-hybridized carbons (Fsp3) is 0.889. The SMILES string of the molecule is CCCCN(C)CCN=C(NCC)NC1CCN(C(=O)C(C)C)C1.I. The van der Waals surface area contributed by atoms with Crippen molar-refractivity contribution in [2.75, 3.05) is 46.3 Å². The van der Waals surface area contributed by atoms with E-state index in [1.54, 1.807) is 0 Å². The van der Waals surface area contributed by atoms with Crippen LogP contribution in [0.15, 0.2) is 4.99 Å². The van der Waals surface area contributed by atoms with Crippen molar-refractivity contribution >= 4 is 35.8 Å². The molecule has 1 fully saturated rings. The molecule has 0 saturated carbocycles. The molecular formula is C18H38IN5O. The number of nitrogens with one attached hydrogen (secondary N) is 2. The largest absolute Gasteiger partial charge is 0.357 e. The van der Waals surface area contributed by atoms with Crippen LogP contribution in [0, 0.1) is 5.92 Å². The molecule has 1 saturated heterocycles. The number of amides is 1. The van der Waals surface area contributed by atoms with E-state index in [0.717, 1.165) is 51.6 Å². The van der Waals surface area contributed by atoms with Crippen LogP contribution < -0.4 is 10.6 Å². The minimum Gasteiger partial charge on any atom is -0.357 e. The number of hydrogen-bond donors (Lipinski definition) is 2. The minimum absolute atomic E-state index is 0. The van der Waals surface area contributed by atoms with Crippen LogP contribution in [-0.4, -0.2) is 74.0 Å². The highest BCUT2D eigenvalue weighted by atomic mass is 127. The third-order valence-electron chi connectivity index (χ3n) is 4.32. The van der Waals surface area contributed by atoms with Crippen molar-refractivity contribution in [1.29, 1.82) is 0 Å². The Bertz CT molecular complexity index is 403. The molecule has 0 aromatic heterocycles. The molecule has 1 atom stereocenters. The average molecular weight is 467 g/mol. The van der Waals surface area contributed by atoms with E-state index in [1.807, 2.05) is 18.7 Å². The Morgan fingerprint density at radius 1 is 1.32 bits per heavy atom. The highest BCUT2D eigenvalue weighted by Crippen LogP contribution is 2.12. The summed E-state index contributed by atoms with van der Waals surface area (Å²) in [7, 11) is 2.15. The molecule has 0 radical (unpaired) electrons. The van der Waals surface area contributed by atoms with Crippen LogP contribution in [0.4, 0.5) is 0 Å². The zero-order chi connectivity index (χ0) is 17.9. The molecule has 6 nitrogen and oxygen atoms in total. The maximum absolute atomic E-state index is 12.1. The molecule has 25 heavy (non-hydrogen) atoms. The molecule has 0 spiro atoms. The van der Waals surface area contributed by atoms with E-state index in [9.17, 15) is 4.79 Å². The van der Waals surface area contributed by atoms with Gasteiger partial charge in [-0.2, -0.15) is 0 Å². The summed E-state index contributed by atoms with van der Waals surface area (Å²) >= 11 is 0. The normalized spacial score (nSPS) is 17.8. The molecule has 148 valence electrons. The van der Waals surface area contributed by atoms with Crippen LogP contribution in [0.5, 0.6) is 0 Å². The van der Waals surface area contributed by atoms with Crippen LogP contribution in [0.2, 0.25) is 0 Å². The van der Waals surface area contributed by atoms with Crippen molar-refractivity contribution in [2.45, 2.75) is 53.0 Å². The monoisotopic (exact) mass is 467 g/mol. The van der Waals surface area contributed by atoms with Crippen molar-refractivity contribution in [3.05, 3.63) is 0 Å². The lowest BCUT2D eigenvalue weighted by Crippen LogP contribution is -2.45. The molecular weight excluding hydrogens is 429 g/mol. The summed E-state index contributed by atoms with van der Waals surface area (Å²) in [6, 6.07) is 0.295. The van der Waals surface area contributed by atoms with Crippen LogP contribution in [0.25, 0.3) is 0 Å². The quantitative estimate of drug-likeness (QED) is 0.310. The topological polar surface area (TPSA) is 60.0 Å². The third-order valence-corrected chi connectivity index (χ3v) is 4.32. The van der Waals surface area contributed by atoms with E-state index in [0.29, 0.717) is 6.04 Å². The second-order valence-corrected chi connectivity index (χ2v) is 6.99. The average Bonchev–Trinajstić information content (AvgIpc) is 3.00. The Hall–Kier alpha value is -0.570. The summed E-state index contributed by atoms with van der Waals surface area (Å²) in [5.74, 6) is 1.19. The van der Waals surface area contributed by atoms with E-state index in [1.165, 1.54) is 12.8 Å². The van der Waals surface area contributed by atoms with Gasteiger partial charge in [0, 0.05) is 38.1 Å². The fourth-order valence-corrected chi connectivity index (χ4v) is 2.83. The maximum Gasteiger partial charge on any atom is 0.225 e. The van der Waals surface area contributed by atoms with E-state index in [2.05, 4.69) is 41.4 Å². The molecule has 1 rings (SSSR count). The highest BCUT2D eigenvalue weighted by Gasteiger charge is 2.27. The molecule has 1 aliphatic rings. The Morgan fingerprint density at radius 2 is 2.04 bits per heavy atom. The number of aliphatic imine (C=N–C) groups is 1. The molecule has 0 bridgehead atoms. The summed E-state index contributed by atoms with van der Waals surface area (Å²) in [6.07, 6.45) is 3.45. The first-order valence-corrected chi connectivity index (χ1v) is 9.50. The highest BCUT2D eigenvalue weighted by molar-refractivity contribution is 14.0. The summed E-state index contributed by atoms with van der Waals surface area (Å²) in [4.78, 5) is 21.1. The molecule has 0 aliphatic carbocycles. The Labute approximate surface area is 171 Å². The van der Waals surface area contributed by atoms with Gasteiger partial charge in [-0.05, 0) is 33.4 Å². The Kier molecular flexibility index (Phi) is 13.3. The number of halogens is 1. The standard InChI is InChI=1S/C18H37N5O.HI/c1-6-8-11-22(5)13-10-20-18(19-7-2)21-16-9-12-23(14-16)17(24)15(3)4;/h15-16H,6-14H2,1-5H3,(H2,19,20,21);1H. The predicted octanol–water partition coefficient (Wildman–Crippen LogP) is 2.15.